The minimum Gasteiger partial charge on any atom is -0.507 e. The van der Waals surface area contributed by atoms with E-state index < -0.39 is 11.2 Å². The number of aromatic hydroxyl groups is 3. The highest BCUT2D eigenvalue weighted by atomic mass is 16.7. The lowest BCUT2D eigenvalue weighted by Gasteiger charge is -2.42. The summed E-state index contributed by atoms with van der Waals surface area (Å²) in [5.41, 5.74) is 7.33. The first-order chi connectivity index (χ1) is 32.7. The molecule has 14 nitrogen and oxygen atoms in total. The Balaban J connectivity index is 0.000000231. The van der Waals surface area contributed by atoms with Crippen LogP contribution in [0.3, 0.4) is 0 Å². The average Bonchev–Trinajstić information content (AvgIpc) is 3.82. The standard InChI is InChI=1S/C21H32O5.C20H30O5.C15H16O4/c1-14-9-16(10-15(2)18(14)23)7-8-17(22)24-13-21(5,6)19-25-11-20(3,4)12-26-19;1-6-20(12-24-19(4,5)25-13-20)11-23-17(21)8-7-16-9-14(2)18(22)15(3)10-16;1-10-8-12(9-11(2)15(10)17)5-6-13(16)19-14-4-3-7-18-14/h9-10,19,23H,7-8,11-13H2,1-6H3;9-10,22H,6-8,11-13H2,1-5H3;3-4,7-9,17H,5-6H2,1-2H3. The number of benzene rings is 3. The molecule has 0 bridgehead atoms. The normalized spacial score (nSPS) is 16.2. The second-order valence-electron chi connectivity index (χ2n) is 20.9. The summed E-state index contributed by atoms with van der Waals surface area (Å²) in [6.45, 7) is 28.0. The second-order valence-corrected chi connectivity index (χ2v) is 20.9. The number of hydrogen-bond acceptors (Lipinski definition) is 14. The zero-order chi connectivity index (χ0) is 52.0. The number of ether oxygens (including phenoxy) is 7. The first kappa shape index (κ1) is 57.2. The van der Waals surface area contributed by atoms with E-state index in [9.17, 15) is 29.7 Å². The number of rotatable bonds is 16. The molecule has 14 heteroatoms. The van der Waals surface area contributed by atoms with E-state index in [1.807, 2.05) is 106 Å². The smallest absolute Gasteiger partial charge is 0.313 e. The van der Waals surface area contributed by atoms with Crippen molar-refractivity contribution in [3.63, 3.8) is 0 Å². The summed E-state index contributed by atoms with van der Waals surface area (Å²) in [7, 11) is 0. The summed E-state index contributed by atoms with van der Waals surface area (Å²) in [6.07, 6.45) is 4.56. The number of aryl methyl sites for hydroxylation is 9. The van der Waals surface area contributed by atoms with Crippen LogP contribution in [0.4, 0.5) is 0 Å². The molecule has 0 saturated carbocycles. The van der Waals surface area contributed by atoms with Crippen molar-refractivity contribution in [2.75, 3.05) is 39.6 Å². The van der Waals surface area contributed by atoms with Gasteiger partial charge < -0.3 is 52.9 Å². The number of hydrogen-bond donors (Lipinski definition) is 3. The van der Waals surface area contributed by atoms with Crippen LogP contribution in [0.2, 0.25) is 0 Å². The van der Waals surface area contributed by atoms with Gasteiger partial charge in [-0.1, -0.05) is 71.0 Å². The van der Waals surface area contributed by atoms with E-state index in [1.165, 1.54) is 6.26 Å². The molecule has 0 atom stereocenters. The summed E-state index contributed by atoms with van der Waals surface area (Å²) in [5, 5.41) is 29.3. The Hall–Kier alpha value is -5.41. The quantitative estimate of drug-likeness (QED) is 0.0899. The van der Waals surface area contributed by atoms with Gasteiger partial charge >= 0.3 is 17.9 Å². The zero-order valence-corrected chi connectivity index (χ0v) is 43.8. The van der Waals surface area contributed by atoms with E-state index in [4.69, 9.17) is 37.6 Å². The highest BCUT2D eigenvalue weighted by molar-refractivity contribution is 5.72. The van der Waals surface area contributed by atoms with Gasteiger partial charge in [0, 0.05) is 29.7 Å². The molecule has 3 heterocycles. The number of carbonyl (C=O) groups is 3. The van der Waals surface area contributed by atoms with Crippen molar-refractivity contribution in [2.45, 2.75) is 147 Å². The van der Waals surface area contributed by atoms with Gasteiger partial charge in [0.05, 0.1) is 44.5 Å². The summed E-state index contributed by atoms with van der Waals surface area (Å²) in [4.78, 5) is 35.8. The molecule has 2 aliphatic heterocycles. The van der Waals surface area contributed by atoms with Gasteiger partial charge in [-0.15, -0.1) is 0 Å². The van der Waals surface area contributed by atoms with Crippen molar-refractivity contribution in [3.8, 4) is 23.2 Å². The molecule has 1 aromatic heterocycles. The Kier molecular flexibility index (Phi) is 20.5. The van der Waals surface area contributed by atoms with Gasteiger partial charge in [0.2, 0.25) is 0 Å². The van der Waals surface area contributed by atoms with Crippen molar-refractivity contribution < 1.29 is 67.3 Å². The molecule has 2 aliphatic rings. The van der Waals surface area contributed by atoms with Crippen LogP contribution < -0.4 is 4.74 Å². The van der Waals surface area contributed by atoms with Gasteiger partial charge in [0.15, 0.2) is 12.1 Å². The maximum atomic E-state index is 12.1. The maximum absolute atomic E-state index is 12.1. The summed E-state index contributed by atoms with van der Waals surface area (Å²) in [6, 6.07) is 14.6. The van der Waals surface area contributed by atoms with Crippen molar-refractivity contribution >= 4 is 17.9 Å². The van der Waals surface area contributed by atoms with Crippen molar-refractivity contribution in [1.29, 1.82) is 0 Å². The van der Waals surface area contributed by atoms with Crippen LogP contribution in [-0.4, -0.2) is 84.9 Å². The van der Waals surface area contributed by atoms with Gasteiger partial charge in [-0.25, -0.2) is 0 Å². The minimum absolute atomic E-state index is 0.0175. The van der Waals surface area contributed by atoms with Crippen LogP contribution >= 0.6 is 0 Å². The van der Waals surface area contributed by atoms with Crippen molar-refractivity contribution in [1.82, 2.24) is 0 Å². The molecule has 4 aromatic rings. The molecule has 386 valence electrons. The lowest BCUT2D eigenvalue weighted by Crippen LogP contribution is -2.48. The zero-order valence-electron chi connectivity index (χ0n) is 43.8. The van der Waals surface area contributed by atoms with Crippen LogP contribution in [-0.2, 0) is 62.1 Å². The fraction of sp³-hybridized carbons (Fsp3) is 0.554. The summed E-state index contributed by atoms with van der Waals surface area (Å²) in [5.74, 6) is -0.218. The molecule has 2 saturated heterocycles. The Labute approximate surface area is 414 Å². The minimum atomic E-state index is -0.572. The molecule has 3 N–H and O–H groups in total. The summed E-state index contributed by atoms with van der Waals surface area (Å²) >= 11 is 0. The Morgan fingerprint density at radius 2 is 1.03 bits per heavy atom. The molecular weight excluding hydrogens is 897 g/mol. The van der Waals surface area contributed by atoms with Gasteiger partial charge in [-0.2, -0.15) is 0 Å². The average molecular weight is 975 g/mol. The summed E-state index contributed by atoms with van der Waals surface area (Å²) < 4.78 is 44.0. The highest BCUT2D eigenvalue weighted by Gasteiger charge is 2.41. The maximum Gasteiger partial charge on any atom is 0.313 e. The predicted molar refractivity (Wildman–Crippen MR) is 266 cm³/mol. The number of esters is 3. The predicted octanol–water partition coefficient (Wildman–Crippen LogP) is 10.7. The molecule has 0 aliphatic carbocycles. The lowest BCUT2D eigenvalue weighted by atomic mass is 9.87. The van der Waals surface area contributed by atoms with Crippen LogP contribution in [0.25, 0.3) is 0 Å². The molecule has 6 rings (SSSR count). The van der Waals surface area contributed by atoms with E-state index in [-0.39, 0.29) is 54.0 Å². The lowest BCUT2D eigenvalue weighted by molar-refractivity contribution is -0.291. The van der Waals surface area contributed by atoms with E-state index >= 15 is 0 Å². The van der Waals surface area contributed by atoms with Gasteiger partial charge in [0.25, 0.3) is 5.95 Å². The molecule has 70 heavy (non-hydrogen) atoms. The first-order valence-electron chi connectivity index (χ1n) is 24.2. The second kappa shape index (κ2) is 25.1. The van der Waals surface area contributed by atoms with E-state index in [0.29, 0.717) is 82.4 Å². The Morgan fingerprint density at radius 1 is 0.629 bits per heavy atom. The monoisotopic (exact) mass is 975 g/mol. The molecule has 0 spiro atoms. The molecular formula is C56H78O14. The molecule has 0 amide bonds. The fourth-order valence-electron chi connectivity index (χ4n) is 7.78. The van der Waals surface area contributed by atoms with Crippen LogP contribution in [0.15, 0.2) is 59.2 Å². The van der Waals surface area contributed by atoms with Gasteiger partial charge in [0.1, 0.15) is 30.5 Å². The third-order valence-electron chi connectivity index (χ3n) is 12.5. The van der Waals surface area contributed by atoms with Crippen molar-refractivity contribution in [2.24, 2.45) is 16.2 Å². The number of furan rings is 1. The van der Waals surface area contributed by atoms with Crippen molar-refractivity contribution in [3.05, 3.63) is 105 Å². The molecule has 0 radical (unpaired) electrons. The molecule has 2 fully saturated rings. The third kappa shape index (κ3) is 17.8. The van der Waals surface area contributed by atoms with Gasteiger partial charge in [-0.3, -0.25) is 14.4 Å². The number of phenols is 3. The first-order valence-corrected chi connectivity index (χ1v) is 24.2. The topological polar surface area (TPSA) is 190 Å². The van der Waals surface area contributed by atoms with Crippen LogP contribution in [0, 0.1) is 57.8 Å². The fourth-order valence-corrected chi connectivity index (χ4v) is 7.78. The van der Waals surface area contributed by atoms with Crippen LogP contribution in [0.1, 0.15) is 124 Å². The van der Waals surface area contributed by atoms with E-state index in [0.717, 1.165) is 56.5 Å². The SMILES string of the molecule is CCC1(COC(=O)CCc2cc(C)c(O)c(C)c2)COC(C)(C)OC1.Cc1cc(CCC(=O)OCC(C)(C)C2OCC(C)(C)CO2)cc(C)c1O.Cc1cc(CCC(=O)Oc2ccco2)cc(C)c1O. The molecule has 3 aromatic carbocycles. The van der Waals surface area contributed by atoms with Crippen LogP contribution in [0.5, 0.6) is 23.2 Å². The van der Waals surface area contributed by atoms with E-state index in [2.05, 4.69) is 20.8 Å². The highest BCUT2D eigenvalue weighted by Crippen LogP contribution is 2.35. The molecule has 0 unspecified atom stereocenters. The third-order valence-corrected chi connectivity index (χ3v) is 12.5. The van der Waals surface area contributed by atoms with E-state index in [1.54, 1.807) is 12.1 Å². The Bertz CT molecular complexity index is 2270. The largest absolute Gasteiger partial charge is 0.507 e. The Morgan fingerprint density at radius 3 is 1.41 bits per heavy atom. The number of carbonyl (C=O) groups excluding carboxylic acids is 3. The number of phenolic OH excluding ortho intramolecular Hbond substituents is 3. The van der Waals surface area contributed by atoms with Gasteiger partial charge in [-0.05, 0) is 137 Å².